The predicted molar refractivity (Wildman–Crippen MR) is 119 cm³/mol. The SMILES string of the molecule is [2H]C([2H])([2H])c1ccc(-c2cc(C)c(-c3cc(-c4ccccc4)ncc3C([2H])([2H])[2H])c(C([2H])([2H])[2H])c2)cc1. The zero-order valence-electron chi connectivity index (χ0n) is 24.5. The highest BCUT2D eigenvalue weighted by atomic mass is 14.7. The van der Waals surface area contributed by atoms with E-state index >= 15 is 0 Å². The lowest BCUT2D eigenvalue weighted by Crippen LogP contribution is -1.95. The van der Waals surface area contributed by atoms with Crippen molar-refractivity contribution in [3.8, 4) is 33.5 Å². The number of rotatable bonds is 3. The standard InChI is InChI=1S/C27H25N/c1-18-10-12-22(13-11-18)24-14-19(2)27(20(3)15-24)25-16-26(28-17-21(25)4)23-8-6-5-7-9-23/h5-17H,1-4H3/i1D3,2D3,4D3. The van der Waals surface area contributed by atoms with Crippen LogP contribution in [-0.2, 0) is 0 Å². The van der Waals surface area contributed by atoms with Crippen LogP contribution in [0.1, 0.15) is 34.6 Å². The van der Waals surface area contributed by atoms with Crippen LogP contribution in [0.2, 0.25) is 0 Å². The molecule has 4 rings (SSSR count). The Labute approximate surface area is 180 Å². The third-order valence-corrected chi connectivity index (χ3v) is 4.80. The summed E-state index contributed by atoms with van der Waals surface area (Å²) in [6, 6.07) is 20.5. The predicted octanol–water partition coefficient (Wildman–Crippen LogP) is 7.32. The molecule has 0 spiro atoms. The van der Waals surface area contributed by atoms with E-state index < -0.39 is 20.6 Å². The monoisotopic (exact) mass is 372 g/mol. The summed E-state index contributed by atoms with van der Waals surface area (Å²) >= 11 is 0. The maximum atomic E-state index is 8.28. The average molecular weight is 373 g/mol. The van der Waals surface area contributed by atoms with Crippen molar-refractivity contribution in [1.82, 2.24) is 4.98 Å². The highest BCUT2D eigenvalue weighted by molar-refractivity contribution is 5.80. The number of aryl methyl sites for hydroxylation is 4. The van der Waals surface area contributed by atoms with Crippen LogP contribution in [0.25, 0.3) is 33.5 Å². The third kappa shape index (κ3) is 3.48. The van der Waals surface area contributed by atoms with E-state index in [1.54, 1.807) is 31.2 Å². The van der Waals surface area contributed by atoms with Crippen LogP contribution < -0.4 is 0 Å². The van der Waals surface area contributed by atoms with Gasteiger partial charge in [0.25, 0.3) is 0 Å². The van der Waals surface area contributed by atoms with Crippen LogP contribution in [0, 0.1) is 27.5 Å². The molecule has 0 N–H and O–H groups in total. The Kier molecular flexibility index (Phi) is 2.76. The van der Waals surface area contributed by atoms with Gasteiger partial charge in [-0.3, -0.25) is 4.98 Å². The summed E-state index contributed by atoms with van der Waals surface area (Å²) in [5.74, 6) is 0. The first-order valence-corrected chi connectivity index (χ1v) is 8.98. The minimum atomic E-state index is -2.54. The van der Waals surface area contributed by atoms with Crippen molar-refractivity contribution in [2.75, 3.05) is 0 Å². The molecule has 1 heterocycles. The second kappa shape index (κ2) is 7.44. The van der Waals surface area contributed by atoms with E-state index in [9.17, 15) is 0 Å². The Morgan fingerprint density at radius 3 is 2.14 bits per heavy atom. The van der Waals surface area contributed by atoms with E-state index in [1.807, 2.05) is 30.3 Å². The Balaban J connectivity index is 1.96. The molecular formula is C27H25N. The Bertz CT molecular complexity index is 1420. The van der Waals surface area contributed by atoms with Gasteiger partial charge in [0, 0.05) is 24.1 Å². The number of hydrogen-bond acceptors (Lipinski definition) is 1. The fourth-order valence-corrected chi connectivity index (χ4v) is 3.40. The number of hydrogen-bond donors (Lipinski definition) is 0. The summed E-state index contributed by atoms with van der Waals surface area (Å²) in [6.45, 7) is -5.56. The van der Waals surface area contributed by atoms with Gasteiger partial charge in [-0.2, -0.15) is 0 Å². The van der Waals surface area contributed by atoms with Gasteiger partial charge in [0.1, 0.15) is 0 Å². The van der Waals surface area contributed by atoms with Crippen LogP contribution >= 0.6 is 0 Å². The van der Waals surface area contributed by atoms with Crippen molar-refractivity contribution >= 4 is 0 Å². The lowest BCUT2D eigenvalue weighted by Gasteiger charge is -2.16. The van der Waals surface area contributed by atoms with Gasteiger partial charge in [0.15, 0.2) is 0 Å². The third-order valence-electron chi connectivity index (χ3n) is 4.80. The Hall–Kier alpha value is -3.19. The summed E-state index contributed by atoms with van der Waals surface area (Å²) in [7, 11) is 0. The van der Waals surface area contributed by atoms with Gasteiger partial charge in [0.05, 0.1) is 5.69 Å². The molecule has 3 aromatic carbocycles. The van der Waals surface area contributed by atoms with Crippen LogP contribution in [0.3, 0.4) is 0 Å². The van der Waals surface area contributed by atoms with E-state index in [0.717, 1.165) is 5.56 Å². The van der Waals surface area contributed by atoms with Gasteiger partial charge < -0.3 is 0 Å². The van der Waals surface area contributed by atoms with E-state index in [1.165, 1.54) is 24.4 Å². The van der Waals surface area contributed by atoms with Crippen LogP contribution in [0.5, 0.6) is 0 Å². The molecule has 0 bridgehead atoms. The minimum absolute atomic E-state index is 0.0121. The molecule has 4 aromatic rings. The molecule has 0 saturated heterocycles. The number of benzene rings is 3. The van der Waals surface area contributed by atoms with E-state index in [0.29, 0.717) is 33.5 Å². The van der Waals surface area contributed by atoms with Crippen molar-refractivity contribution in [2.45, 2.75) is 27.5 Å². The molecule has 0 radical (unpaired) electrons. The molecule has 0 fully saturated rings. The van der Waals surface area contributed by atoms with Gasteiger partial charge in [-0.1, -0.05) is 72.3 Å². The topological polar surface area (TPSA) is 12.9 Å². The second-order valence-electron chi connectivity index (χ2n) is 6.77. The van der Waals surface area contributed by atoms with Gasteiger partial charge in [0.2, 0.25) is 0 Å². The highest BCUT2D eigenvalue weighted by Gasteiger charge is 2.13. The van der Waals surface area contributed by atoms with Crippen molar-refractivity contribution < 1.29 is 12.3 Å². The van der Waals surface area contributed by atoms with E-state index in [2.05, 4.69) is 4.98 Å². The molecule has 138 valence electrons. The molecule has 1 nitrogen and oxygen atoms in total. The highest BCUT2D eigenvalue weighted by Crippen LogP contribution is 2.35. The molecule has 0 aliphatic carbocycles. The molecule has 1 aromatic heterocycles. The zero-order valence-corrected chi connectivity index (χ0v) is 15.5. The first kappa shape index (κ1) is 10.4. The lowest BCUT2D eigenvalue weighted by atomic mass is 9.89. The van der Waals surface area contributed by atoms with Gasteiger partial charge in [-0.05, 0) is 72.5 Å². The lowest BCUT2D eigenvalue weighted by molar-refractivity contribution is 1.26. The van der Waals surface area contributed by atoms with Crippen molar-refractivity contribution in [1.29, 1.82) is 0 Å². The minimum Gasteiger partial charge on any atom is -0.256 e. The molecule has 0 atom stereocenters. The quantitative estimate of drug-likeness (QED) is 0.367. The summed E-state index contributed by atoms with van der Waals surface area (Å²) in [5.41, 5.74) is 3.93. The fourth-order valence-electron chi connectivity index (χ4n) is 3.40. The van der Waals surface area contributed by atoms with Crippen LogP contribution in [0.15, 0.2) is 79.0 Å². The molecule has 0 aliphatic heterocycles. The summed E-state index contributed by atoms with van der Waals surface area (Å²) in [4.78, 5) is 4.37. The van der Waals surface area contributed by atoms with Gasteiger partial charge in [-0.25, -0.2) is 0 Å². The molecular weight excluding hydrogens is 338 g/mol. The number of nitrogens with zero attached hydrogens (tertiary/aromatic N) is 1. The van der Waals surface area contributed by atoms with Gasteiger partial charge >= 0.3 is 0 Å². The number of pyridine rings is 1. The van der Waals surface area contributed by atoms with Crippen LogP contribution in [0.4, 0.5) is 0 Å². The Morgan fingerprint density at radius 2 is 1.43 bits per heavy atom. The van der Waals surface area contributed by atoms with Crippen molar-refractivity contribution in [3.63, 3.8) is 0 Å². The van der Waals surface area contributed by atoms with Crippen molar-refractivity contribution in [3.05, 3.63) is 101 Å². The van der Waals surface area contributed by atoms with E-state index in [4.69, 9.17) is 12.3 Å². The average Bonchev–Trinajstić information content (AvgIpc) is 2.82. The molecule has 0 amide bonds. The zero-order chi connectivity index (χ0) is 27.2. The maximum absolute atomic E-state index is 8.28. The summed E-state index contributed by atoms with van der Waals surface area (Å²) in [5, 5.41) is 0. The van der Waals surface area contributed by atoms with Gasteiger partial charge in [-0.15, -0.1) is 0 Å². The van der Waals surface area contributed by atoms with Crippen molar-refractivity contribution in [2.24, 2.45) is 0 Å². The normalized spacial score (nSPS) is 17.0. The molecule has 0 saturated carbocycles. The molecule has 0 aliphatic rings. The van der Waals surface area contributed by atoms with E-state index in [-0.39, 0.29) is 16.7 Å². The molecule has 1 heteroatoms. The molecule has 0 unspecified atom stereocenters. The summed E-state index contributed by atoms with van der Waals surface area (Å²) < 4.78 is 71.9. The second-order valence-corrected chi connectivity index (χ2v) is 6.77. The smallest absolute Gasteiger partial charge is 0.0708 e. The first-order chi connectivity index (χ1) is 17.2. The molecule has 28 heavy (non-hydrogen) atoms. The number of aromatic nitrogens is 1. The van der Waals surface area contributed by atoms with Crippen LogP contribution in [-0.4, -0.2) is 4.98 Å². The fraction of sp³-hybridized carbons (Fsp3) is 0.148. The maximum Gasteiger partial charge on any atom is 0.0708 e. The first-order valence-electron chi connectivity index (χ1n) is 13.5. The Morgan fingerprint density at radius 1 is 0.679 bits per heavy atom. The largest absolute Gasteiger partial charge is 0.256 e. The summed E-state index contributed by atoms with van der Waals surface area (Å²) in [6.07, 6.45) is 1.30.